The zero-order valence-electron chi connectivity index (χ0n) is 15.6. The largest absolute Gasteiger partial charge is 0.497 e. The van der Waals surface area contributed by atoms with E-state index < -0.39 is 5.97 Å². The Bertz CT molecular complexity index is 784. The van der Waals surface area contributed by atoms with E-state index in [1.54, 1.807) is 25.5 Å². The molecule has 1 fully saturated rings. The zero-order valence-corrected chi connectivity index (χ0v) is 16.4. The van der Waals surface area contributed by atoms with Gasteiger partial charge in [-0.25, -0.2) is 4.79 Å². The molecule has 0 radical (unpaired) electrons. The van der Waals surface area contributed by atoms with Crippen LogP contribution in [0, 0.1) is 0 Å². The van der Waals surface area contributed by atoms with Crippen molar-refractivity contribution in [2.24, 2.45) is 0 Å². The number of carbonyl (C=O) groups excluding carboxylic acids is 2. The predicted octanol–water partition coefficient (Wildman–Crippen LogP) is 3.54. The maximum Gasteiger partial charge on any atom is 0.341 e. The predicted molar refractivity (Wildman–Crippen MR) is 105 cm³/mol. The van der Waals surface area contributed by atoms with Gasteiger partial charge >= 0.3 is 5.97 Å². The maximum atomic E-state index is 12.6. The van der Waals surface area contributed by atoms with Crippen LogP contribution in [0.15, 0.2) is 35.7 Å². The molecular weight excluding hydrogens is 364 g/mol. The van der Waals surface area contributed by atoms with Crippen LogP contribution in [0.3, 0.4) is 0 Å². The van der Waals surface area contributed by atoms with Gasteiger partial charge in [-0.2, -0.15) is 0 Å². The third kappa shape index (κ3) is 5.30. The van der Waals surface area contributed by atoms with E-state index >= 15 is 0 Å². The van der Waals surface area contributed by atoms with Gasteiger partial charge in [0.25, 0.3) is 0 Å². The van der Waals surface area contributed by atoms with Crippen LogP contribution in [-0.2, 0) is 16.1 Å². The van der Waals surface area contributed by atoms with E-state index in [2.05, 4.69) is 10.2 Å². The molecule has 144 valence electrons. The van der Waals surface area contributed by atoms with Crippen LogP contribution in [0.25, 0.3) is 0 Å². The first-order chi connectivity index (χ1) is 13.1. The molecule has 1 amide bonds. The van der Waals surface area contributed by atoms with Crippen LogP contribution in [0.2, 0.25) is 0 Å². The summed E-state index contributed by atoms with van der Waals surface area (Å²) in [4.78, 5) is 26.7. The first-order valence-electron chi connectivity index (χ1n) is 9.02. The fraction of sp³-hybridized carbons (Fsp3) is 0.400. The smallest absolute Gasteiger partial charge is 0.341 e. The summed E-state index contributed by atoms with van der Waals surface area (Å²) < 4.78 is 10.2. The van der Waals surface area contributed by atoms with E-state index in [4.69, 9.17) is 9.47 Å². The molecule has 0 bridgehead atoms. The number of ether oxygens (including phenoxy) is 2. The number of methoxy groups -OCH3 is 1. The number of hydrogen-bond donors (Lipinski definition) is 1. The van der Waals surface area contributed by atoms with Crippen molar-refractivity contribution in [1.82, 2.24) is 4.90 Å². The van der Waals surface area contributed by atoms with Crippen molar-refractivity contribution in [3.63, 3.8) is 0 Å². The SMILES string of the molecule is CCOC(=O)c1ccsc1NC(=O)CN(Cc1ccc(OC)cc1)C1CC1. The topological polar surface area (TPSA) is 67.9 Å². The highest BCUT2D eigenvalue weighted by atomic mass is 32.1. The third-order valence-corrected chi connectivity index (χ3v) is 5.20. The lowest BCUT2D eigenvalue weighted by Crippen LogP contribution is -2.34. The van der Waals surface area contributed by atoms with Crippen molar-refractivity contribution in [2.45, 2.75) is 32.4 Å². The number of nitrogens with one attached hydrogen (secondary N) is 1. The maximum absolute atomic E-state index is 12.6. The van der Waals surface area contributed by atoms with Gasteiger partial charge in [0, 0.05) is 12.6 Å². The summed E-state index contributed by atoms with van der Waals surface area (Å²) in [5.41, 5.74) is 1.54. The van der Waals surface area contributed by atoms with Crippen LogP contribution in [0.5, 0.6) is 5.75 Å². The molecule has 0 spiro atoms. The molecule has 0 atom stereocenters. The fourth-order valence-electron chi connectivity index (χ4n) is 2.85. The van der Waals surface area contributed by atoms with E-state index in [1.165, 1.54) is 11.3 Å². The molecule has 7 heteroatoms. The monoisotopic (exact) mass is 388 g/mol. The Kier molecular flexibility index (Phi) is 6.47. The molecule has 27 heavy (non-hydrogen) atoms. The number of rotatable bonds is 9. The van der Waals surface area contributed by atoms with Crippen molar-refractivity contribution in [3.8, 4) is 5.75 Å². The summed E-state index contributed by atoms with van der Waals surface area (Å²) in [5, 5.41) is 5.18. The number of carbonyl (C=O) groups is 2. The van der Waals surface area contributed by atoms with Crippen LogP contribution < -0.4 is 10.1 Å². The van der Waals surface area contributed by atoms with Crippen molar-refractivity contribution >= 4 is 28.2 Å². The number of esters is 1. The van der Waals surface area contributed by atoms with E-state index in [9.17, 15) is 9.59 Å². The molecule has 3 rings (SSSR count). The average Bonchev–Trinajstić information content (AvgIpc) is 3.41. The summed E-state index contributed by atoms with van der Waals surface area (Å²) in [6, 6.07) is 10.0. The van der Waals surface area contributed by atoms with E-state index in [0.29, 0.717) is 29.8 Å². The Labute approximate surface area is 163 Å². The molecule has 6 nitrogen and oxygen atoms in total. The standard InChI is InChI=1S/C20H24N2O4S/c1-3-26-20(24)17-10-11-27-19(17)21-18(23)13-22(15-6-7-15)12-14-4-8-16(25-2)9-5-14/h4-5,8-11,15H,3,6-7,12-13H2,1-2H3,(H,21,23). The van der Waals surface area contributed by atoms with Gasteiger partial charge < -0.3 is 14.8 Å². The molecule has 1 aliphatic rings. The van der Waals surface area contributed by atoms with Gasteiger partial charge in [0.1, 0.15) is 10.8 Å². The summed E-state index contributed by atoms with van der Waals surface area (Å²) in [6.07, 6.45) is 2.22. The molecule has 1 aromatic heterocycles. The minimum atomic E-state index is -0.411. The first-order valence-corrected chi connectivity index (χ1v) is 9.90. The summed E-state index contributed by atoms with van der Waals surface area (Å²) in [5.74, 6) is 0.286. The molecule has 1 aliphatic carbocycles. The number of amides is 1. The van der Waals surface area contributed by atoms with Gasteiger partial charge in [-0.3, -0.25) is 9.69 Å². The minimum absolute atomic E-state index is 0.122. The highest BCUT2D eigenvalue weighted by molar-refractivity contribution is 7.14. The van der Waals surface area contributed by atoms with Crippen molar-refractivity contribution < 1.29 is 19.1 Å². The molecule has 0 aliphatic heterocycles. The number of nitrogens with zero attached hydrogens (tertiary/aromatic N) is 1. The minimum Gasteiger partial charge on any atom is -0.497 e. The van der Waals surface area contributed by atoms with Gasteiger partial charge in [0.15, 0.2) is 0 Å². The average molecular weight is 388 g/mol. The number of hydrogen-bond acceptors (Lipinski definition) is 6. The Morgan fingerprint density at radius 2 is 1.96 bits per heavy atom. The molecule has 0 saturated heterocycles. The Balaban J connectivity index is 1.61. The molecule has 2 aromatic rings. The van der Waals surface area contributed by atoms with E-state index in [0.717, 1.165) is 24.2 Å². The lowest BCUT2D eigenvalue weighted by atomic mass is 10.2. The van der Waals surface area contributed by atoms with E-state index in [-0.39, 0.29) is 12.5 Å². The van der Waals surface area contributed by atoms with Gasteiger partial charge in [-0.15, -0.1) is 11.3 Å². The first kappa shape index (κ1) is 19.4. The van der Waals surface area contributed by atoms with Gasteiger partial charge in [0.05, 0.1) is 25.8 Å². The molecule has 1 saturated carbocycles. The lowest BCUT2D eigenvalue weighted by molar-refractivity contribution is -0.117. The van der Waals surface area contributed by atoms with Crippen LogP contribution in [0.1, 0.15) is 35.7 Å². The molecule has 0 unspecified atom stereocenters. The number of thiophene rings is 1. The second-order valence-electron chi connectivity index (χ2n) is 6.42. The second kappa shape index (κ2) is 9.01. The van der Waals surface area contributed by atoms with Crippen LogP contribution in [0.4, 0.5) is 5.00 Å². The van der Waals surface area contributed by atoms with Gasteiger partial charge in [-0.05, 0) is 48.9 Å². The lowest BCUT2D eigenvalue weighted by Gasteiger charge is -2.21. The highest BCUT2D eigenvalue weighted by Crippen LogP contribution is 2.29. The third-order valence-electron chi connectivity index (χ3n) is 4.37. The fourth-order valence-corrected chi connectivity index (χ4v) is 3.64. The second-order valence-corrected chi connectivity index (χ2v) is 7.33. The molecule has 1 aromatic carbocycles. The van der Waals surface area contributed by atoms with Crippen molar-refractivity contribution in [1.29, 1.82) is 0 Å². The number of benzene rings is 1. The quantitative estimate of drug-likeness (QED) is 0.666. The Morgan fingerprint density at radius 3 is 2.59 bits per heavy atom. The normalized spacial score (nSPS) is 13.4. The number of anilines is 1. The zero-order chi connectivity index (χ0) is 19.2. The van der Waals surface area contributed by atoms with Crippen LogP contribution >= 0.6 is 11.3 Å². The van der Waals surface area contributed by atoms with Gasteiger partial charge in [0.2, 0.25) is 5.91 Å². The summed E-state index contributed by atoms with van der Waals surface area (Å²) >= 11 is 1.33. The Morgan fingerprint density at radius 1 is 1.22 bits per heavy atom. The van der Waals surface area contributed by atoms with E-state index in [1.807, 2.05) is 24.3 Å². The van der Waals surface area contributed by atoms with Crippen LogP contribution in [-0.4, -0.2) is 43.1 Å². The highest BCUT2D eigenvalue weighted by Gasteiger charge is 2.30. The van der Waals surface area contributed by atoms with Gasteiger partial charge in [-0.1, -0.05) is 12.1 Å². The Hall–Kier alpha value is -2.38. The molecular formula is C20H24N2O4S. The molecule has 1 heterocycles. The van der Waals surface area contributed by atoms with Crippen molar-refractivity contribution in [3.05, 3.63) is 46.8 Å². The summed E-state index contributed by atoms with van der Waals surface area (Å²) in [6.45, 7) is 3.06. The molecule has 1 N–H and O–H groups in total. The van der Waals surface area contributed by atoms with Crippen molar-refractivity contribution in [2.75, 3.05) is 25.6 Å². The summed E-state index contributed by atoms with van der Waals surface area (Å²) in [7, 11) is 1.64.